The van der Waals surface area contributed by atoms with Gasteiger partial charge < -0.3 is 0 Å². The van der Waals surface area contributed by atoms with Crippen molar-refractivity contribution in [3.05, 3.63) is 45.4 Å². The normalized spacial score (nSPS) is 14.8. The zero-order valence-corrected chi connectivity index (χ0v) is 10.5. The number of Topliss-reactive ketones (excluding diaryl/α,β-unsaturated/α-hetero) is 1. The van der Waals surface area contributed by atoms with Crippen molar-refractivity contribution < 1.29 is 9.59 Å². The van der Waals surface area contributed by atoms with E-state index in [1.54, 1.807) is 18.2 Å². The number of hydrogen-bond donors (Lipinski definition) is 0. The predicted octanol–water partition coefficient (Wildman–Crippen LogP) is 3.55. The van der Waals surface area contributed by atoms with Crippen LogP contribution in [-0.2, 0) is 0 Å². The number of carbonyl (C=O) groups is 2. The maximum atomic E-state index is 12.1. The molecular weight excluding hydrogens is 268 g/mol. The average Bonchev–Trinajstić information content (AvgIpc) is 2.25. The van der Waals surface area contributed by atoms with Gasteiger partial charge in [-0.15, -0.1) is 0 Å². The van der Waals surface area contributed by atoms with Crippen LogP contribution < -0.4 is 0 Å². The minimum Gasteiger partial charge on any atom is -0.289 e. The Morgan fingerprint density at radius 1 is 1.25 bits per heavy atom. The van der Waals surface area contributed by atoms with E-state index in [1.807, 2.05) is 6.92 Å². The summed E-state index contributed by atoms with van der Waals surface area (Å²) >= 11 is 3.33. The number of allylic oxidation sites excluding steroid dienone is 2. The van der Waals surface area contributed by atoms with Gasteiger partial charge in [-0.1, -0.05) is 41.4 Å². The number of halogens is 1. The van der Waals surface area contributed by atoms with Gasteiger partial charge in [0, 0.05) is 21.2 Å². The highest BCUT2D eigenvalue weighted by Gasteiger charge is 2.26. The lowest BCUT2D eigenvalue weighted by Gasteiger charge is -2.15. The Hall–Kier alpha value is -1.22. The fourth-order valence-corrected chi connectivity index (χ4v) is 2.42. The van der Waals surface area contributed by atoms with Gasteiger partial charge in [0.15, 0.2) is 11.6 Å². The van der Waals surface area contributed by atoms with Crippen LogP contribution in [0, 0.1) is 0 Å². The van der Waals surface area contributed by atoms with Gasteiger partial charge in [0.2, 0.25) is 0 Å². The molecule has 0 heterocycles. The highest BCUT2D eigenvalue weighted by Crippen LogP contribution is 2.29. The van der Waals surface area contributed by atoms with E-state index in [1.165, 1.54) is 6.08 Å². The number of ketones is 2. The van der Waals surface area contributed by atoms with Gasteiger partial charge in [0.1, 0.15) is 0 Å². The lowest BCUT2D eigenvalue weighted by molar-refractivity contribution is 0.0980. The Morgan fingerprint density at radius 2 is 2.00 bits per heavy atom. The van der Waals surface area contributed by atoms with Crippen molar-refractivity contribution in [2.75, 3.05) is 0 Å². The van der Waals surface area contributed by atoms with E-state index < -0.39 is 0 Å². The van der Waals surface area contributed by atoms with Crippen LogP contribution >= 0.6 is 15.9 Å². The van der Waals surface area contributed by atoms with E-state index in [-0.39, 0.29) is 11.6 Å². The molecule has 0 saturated carbocycles. The van der Waals surface area contributed by atoms with Crippen LogP contribution in [0.1, 0.15) is 40.5 Å². The van der Waals surface area contributed by atoms with Crippen LogP contribution in [0.15, 0.2) is 34.3 Å². The van der Waals surface area contributed by atoms with Crippen molar-refractivity contribution in [2.24, 2.45) is 0 Å². The highest BCUT2D eigenvalue weighted by molar-refractivity contribution is 9.10. The van der Waals surface area contributed by atoms with E-state index in [9.17, 15) is 9.59 Å². The molecule has 0 radical (unpaired) electrons. The van der Waals surface area contributed by atoms with E-state index in [0.717, 1.165) is 6.42 Å². The Labute approximate surface area is 102 Å². The molecule has 1 aliphatic carbocycles. The van der Waals surface area contributed by atoms with E-state index in [0.29, 0.717) is 27.6 Å². The molecular formula is C13H11BrO2. The highest BCUT2D eigenvalue weighted by atomic mass is 79.9. The molecule has 1 aliphatic rings. The van der Waals surface area contributed by atoms with Crippen LogP contribution in [0.5, 0.6) is 0 Å². The quantitative estimate of drug-likeness (QED) is 0.829. The summed E-state index contributed by atoms with van der Waals surface area (Å²) in [5, 5.41) is 0. The Balaban J connectivity index is 2.57. The summed E-state index contributed by atoms with van der Waals surface area (Å²) in [7, 11) is 0. The van der Waals surface area contributed by atoms with Crippen LogP contribution in [-0.4, -0.2) is 11.6 Å². The minimum absolute atomic E-state index is 0.0241. The van der Waals surface area contributed by atoms with Gasteiger partial charge in [-0.25, -0.2) is 0 Å². The summed E-state index contributed by atoms with van der Waals surface area (Å²) in [6.45, 7) is 1.99. The molecule has 0 bridgehead atoms. The van der Waals surface area contributed by atoms with Gasteiger partial charge in [0.25, 0.3) is 0 Å². The summed E-state index contributed by atoms with van der Waals surface area (Å²) in [6.07, 6.45) is 3.00. The first-order chi connectivity index (χ1) is 7.65. The van der Waals surface area contributed by atoms with Crippen molar-refractivity contribution in [2.45, 2.75) is 19.8 Å². The Morgan fingerprint density at radius 3 is 2.69 bits per heavy atom. The second-order valence-corrected chi connectivity index (χ2v) is 4.63. The summed E-state index contributed by atoms with van der Waals surface area (Å²) in [5.41, 5.74) is 1.63. The molecule has 82 valence electrons. The fourth-order valence-electron chi connectivity index (χ4n) is 1.88. The minimum atomic E-state index is -0.0700. The topological polar surface area (TPSA) is 34.1 Å². The van der Waals surface area contributed by atoms with Crippen LogP contribution in [0.4, 0.5) is 0 Å². The fraction of sp³-hybridized carbons (Fsp3) is 0.231. The first-order valence-electron chi connectivity index (χ1n) is 5.23. The number of carbonyl (C=O) groups excluding carboxylic acids is 2. The van der Waals surface area contributed by atoms with Crippen LogP contribution in [0.3, 0.4) is 0 Å². The summed E-state index contributed by atoms with van der Waals surface area (Å²) in [5.74, 6) is -0.0942. The molecule has 2 nitrogen and oxygen atoms in total. The predicted molar refractivity (Wildman–Crippen MR) is 65.8 cm³/mol. The number of benzene rings is 1. The Kier molecular flexibility index (Phi) is 3.06. The zero-order chi connectivity index (χ0) is 11.7. The van der Waals surface area contributed by atoms with Gasteiger partial charge in [-0.05, 0) is 18.6 Å². The first kappa shape index (κ1) is 11.3. The van der Waals surface area contributed by atoms with Gasteiger partial charge in [-0.2, -0.15) is 0 Å². The molecule has 1 aromatic carbocycles. The molecule has 0 unspecified atom stereocenters. The van der Waals surface area contributed by atoms with Crippen LogP contribution in [0.25, 0.3) is 0 Å². The van der Waals surface area contributed by atoms with E-state index in [4.69, 9.17) is 0 Å². The van der Waals surface area contributed by atoms with Gasteiger partial charge in [-0.3, -0.25) is 9.59 Å². The third-order valence-corrected chi connectivity index (χ3v) is 3.28. The largest absolute Gasteiger partial charge is 0.289 e. The van der Waals surface area contributed by atoms with Crippen LogP contribution in [0.2, 0.25) is 0 Å². The van der Waals surface area contributed by atoms with E-state index in [2.05, 4.69) is 15.9 Å². The molecule has 0 spiro atoms. The number of hydrogen-bond acceptors (Lipinski definition) is 2. The third-order valence-electron chi connectivity index (χ3n) is 2.62. The van der Waals surface area contributed by atoms with Gasteiger partial charge in [0.05, 0.1) is 0 Å². The lowest BCUT2D eigenvalue weighted by atomic mass is 9.88. The molecule has 1 aromatic rings. The summed E-state index contributed by atoms with van der Waals surface area (Å²) in [6, 6.07) is 5.26. The first-order valence-corrected chi connectivity index (χ1v) is 6.02. The van der Waals surface area contributed by atoms with Crippen molar-refractivity contribution in [3.63, 3.8) is 0 Å². The summed E-state index contributed by atoms with van der Waals surface area (Å²) < 4.78 is 0.699. The molecule has 0 atom stereocenters. The standard InChI is InChI=1S/C13H11BrO2/c1-2-4-8-7-11(15)9-5-3-6-10(14)12(9)13(8)16/h3,5-7H,2,4H2,1H3. The molecule has 0 N–H and O–H groups in total. The maximum Gasteiger partial charge on any atom is 0.191 e. The average molecular weight is 279 g/mol. The van der Waals surface area contributed by atoms with Crippen molar-refractivity contribution in [1.82, 2.24) is 0 Å². The molecule has 0 amide bonds. The SMILES string of the molecule is CCCC1=CC(=O)c2cccc(Br)c2C1=O. The third kappa shape index (κ3) is 1.76. The Bertz CT molecular complexity index is 501. The number of rotatable bonds is 2. The molecule has 0 aromatic heterocycles. The molecule has 0 saturated heterocycles. The second-order valence-electron chi connectivity index (χ2n) is 3.78. The van der Waals surface area contributed by atoms with Crippen molar-refractivity contribution in [3.8, 4) is 0 Å². The second kappa shape index (κ2) is 4.34. The molecule has 0 aliphatic heterocycles. The lowest BCUT2D eigenvalue weighted by Crippen LogP contribution is -2.17. The maximum absolute atomic E-state index is 12.1. The summed E-state index contributed by atoms with van der Waals surface area (Å²) in [4.78, 5) is 23.9. The van der Waals surface area contributed by atoms with Crippen molar-refractivity contribution in [1.29, 1.82) is 0 Å². The zero-order valence-electron chi connectivity index (χ0n) is 8.92. The molecule has 16 heavy (non-hydrogen) atoms. The van der Waals surface area contributed by atoms with Gasteiger partial charge >= 0.3 is 0 Å². The monoisotopic (exact) mass is 278 g/mol. The molecule has 0 fully saturated rings. The molecule has 3 heteroatoms. The number of fused-ring (bicyclic) bond motifs is 1. The van der Waals surface area contributed by atoms with Crippen molar-refractivity contribution >= 4 is 27.5 Å². The smallest absolute Gasteiger partial charge is 0.191 e. The molecule has 2 rings (SSSR count). The van der Waals surface area contributed by atoms with E-state index >= 15 is 0 Å².